The van der Waals surface area contributed by atoms with Gasteiger partial charge in [-0.05, 0) is 48.4 Å². The van der Waals surface area contributed by atoms with E-state index in [9.17, 15) is 0 Å². The van der Waals surface area contributed by atoms with Crippen LogP contribution in [0.25, 0.3) is 0 Å². The molecule has 2 rings (SSSR count). The first-order chi connectivity index (χ1) is 7.99. The summed E-state index contributed by atoms with van der Waals surface area (Å²) in [6.07, 6.45) is 2.32. The Kier molecular flexibility index (Phi) is 4.02. The van der Waals surface area contributed by atoms with Crippen molar-refractivity contribution in [2.24, 2.45) is 11.3 Å². The van der Waals surface area contributed by atoms with Crippen LogP contribution in [0.4, 0.5) is 0 Å². The quantitative estimate of drug-likeness (QED) is 0.852. The second-order valence-electron chi connectivity index (χ2n) is 5.60. The molecule has 94 valence electrons. The molecule has 0 aliphatic carbocycles. The Hall–Kier alpha value is -0.240. The summed E-state index contributed by atoms with van der Waals surface area (Å²) in [5.74, 6) is 0.709. The van der Waals surface area contributed by atoms with Gasteiger partial charge in [-0.3, -0.25) is 0 Å². The minimum absolute atomic E-state index is 0.352. The molecular formula is C14H19Cl2N. The number of hydrogen-bond donors (Lipinski definition) is 1. The third-order valence-corrected chi connectivity index (χ3v) is 4.56. The molecular weight excluding hydrogens is 253 g/mol. The van der Waals surface area contributed by atoms with E-state index in [1.54, 1.807) is 0 Å². The van der Waals surface area contributed by atoms with Crippen LogP contribution in [-0.4, -0.2) is 13.1 Å². The lowest BCUT2D eigenvalue weighted by Gasteiger charge is -2.39. The highest BCUT2D eigenvalue weighted by molar-refractivity contribution is 6.42. The predicted molar refractivity (Wildman–Crippen MR) is 74.9 cm³/mol. The molecule has 17 heavy (non-hydrogen) atoms. The molecule has 1 heterocycles. The lowest BCUT2D eigenvalue weighted by molar-refractivity contribution is 0.155. The molecule has 1 aliphatic heterocycles. The van der Waals surface area contributed by atoms with E-state index in [1.807, 2.05) is 12.1 Å². The van der Waals surface area contributed by atoms with Crippen molar-refractivity contribution in [2.75, 3.05) is 13.1 Å². The van der Waals surface area contributed by atoms with Gasteiger partial charge in [0, 0.05) is 6.54 Å². The maximum absolute atomic E-state index is 6.06. The number of benzene rings is 1. The van der Waals surface area contributed by atoms with Gasteiger partial charge in [-0.2, -0.15) is 0 Å². The molecule has 1 aliphatic rings. The van der Waals surface area contributed by atoms with Crippen molar-refractivity contribution in [3.05, 3.63) is 33.8 Å². The van der Waals surface area contributed by atoms with Crippen LogP contribution in [0.1, 0.15) is 25.8 Å². The third-order valence-electron chi connectivity index (χ3n) is 3.82. The first kappa shape index (κ1) is 13.2. The Bertz CT molecular complexity index is 401. The molecule has 1 nitrogen and oxygen atoms in total. The van der Waals surface area contributed by atoms with Gasteiger partial charge in [0.05, 0.1) is 10.0 Å². The molecule has 0 spiro atoms. The van der Waals surface area contributed by atoms with Gasteiger partial charge in [-0.25, -0.2) is 0 Å². The summed E-state index contributed by atoms with van der Waals surface area (Å²) in [5, 5.41) is 4.77. The van der Waals surface area contributed by atoms with Gasteiger partial charge in [-0.1, -0.05) is 43.1 Å². The highest BCUT2D eigenvalue weighted by atomic mass is 35.5. The Labute approximate surface area is 114 Å². The molecule has 1 unspecified atom stereocenters. The van der Waals surface area contributed by atoms with Crippen LogP contribution in [0.5, 0.6) is 0 Å². The van der Waals surface area contributed by atoms with Crippen LogP contribution in [0, 0.1) is 11.3 Å². The van der Waals surface area contributed by atoms with Crippen molar-refractivity contribution < 1.29 is 0 Å². The molecule has 1 saturated heterocycles. The van der Waals surface area contributed by atoms with Crippen molar-refractivity contribution in [2.45, 2.75) is 26.7 Å². The van der Waals surface area contributed by atoms with Crippen LogP contribution in [0.3, 0.4) is 0 Å². The summed E-state index contributed by atoms with van der Waals surface area (Å²) < 4.78 is 0. The van der Waals surface area contributed by atoms with Crippen LogP contribution in [0.15, 0.2) is 18.2 Å². The van der Waals surface area contributed by atoms with Crippen LogP contribution in [0.2, 0.25) is 10.0 Å². The topological polar surface area (TPSA) is 12.0 Å². The second-order valence-corrected chi connectivity index (χ2v) is 6.42. The van der Waals surface area contributed by atoms with Crippen molar-refractivity contribution >= 4 is 23.2 Å². The van der Waals surface area contributed by atoms with E-state index in [4.69, 9.17) is 23.2 Å². The zero-order chi connectivity index (χ0) is 12.5. The van der Waals surface area contributed by atoms with E-state index in [0.29, 0.717) is 21.4 Å². The molecule has 0 bridgehead atoms. The van der Waals surface area contributed by atoms with E-state index in [2.05, 4.69) is 25.2 Å². The molecule has 1 aromatic carbocycles. The first-order valence-corrected chi connectivity index (χ1v) is 6.89. The van der Waals surface area contributed by atoms with Crippen molar-refractivity contribution in [3.8, 4) is 0 Å². The van der Waals surface area contributed by atoms with Gasteiger partial charge in [0.25, 0.3) is 0 Å². The van der Waals surface area contributed by atoms with Gasteiger partial charge in [0.1, 0.15) is 0 Å². The summed E-state index contributed by atoms with van der Waals surface area (Å²) in [5.41, 5.74) is 1.64. The van der Waals surface area contributed by atoms with Crippen molar-refractivity contribution in [3.63, 3.8) is 0 Å². The number of piperidine rings is 1. The lowest BCUT2D eigenvalue weighted by Crippen LogP contribution is -2.43. The van der Waals surface area contributed by atoms with Gasteiger partial charge in [0.15, 0.2) is 0 Å². The highest BCUT2D eigenvalue weighted by Gasteiger charge is 2.31. The average molecular weight is 272 g/mol. The molecule has 0 amide bonds. The van der Waals surface area contributed by atoms with Gasteiger partial charge in [0.2, 0.25) is 0 Å². The van der Waals surface area contributed by atoms with Crippen LogP contribution < -0.4 is 5.32 Å². The Morgan fingerprint density at radius 1 is 1.29 bits per heavy atom. The summed E-state index contributed by atoms with van der Waals surface area (Å²) in [6, 6.07) is 5.99. The van der Waals surface area contributed by atoms with Crippen molar-refractivity contribution in [1.82, 2.24) is 5.32 Å². The smallest absolute Gasteiger partial charge is 0.0595 e. The standard InChI is InChI=1S/C14H19Cl2N/c1-14(2)9-17-6-5-11(14)7-10-3-4-12(15)13(16)8-10/h3-4,8,11,17H,5-7,9H2,1-2H3. The summed E-state index contributed by atoms with van der Waals surface area (Å²) in [6.45, 7) is 6.89. The molecule has 1 atom stereocenters. The average Bonchev–Trinajstić information content (AvgIpc) is 2.26. The third kappa shape index (κ3) is 3.15. The Balaban J connectivity index is 2.11. The van der Waals surface area contributed by atoms with Crippen LogP contribution >= 0.6 is 23.2 Å². The van der Waals surface area contributed by atoms with Crippen LogP contribution in [-0.2, 0) is 6.42 Å². The van der Waals surface area contributed by atoms with Crippen molar-refractivity contribution in [1.29, 1.82) is 0 Å². The maximum atomic E-state index is 6.06. The minimum atomic E-state index is 0.352. The van der Waals surface area contributed by atoms with E-state index < -0.39 is 0 Å². The molecule has 1 aromatic rings. The number of hydrogen-bond acceptors (Lipinski definition) is 1. The fraction of sp³-hybridized carbons (Fsp3) is 0.571. The number of nitrogens with one attached hydrogen (secondary N) is 1. The molecule has 1 fully saturated rings. The summed E-state index contributed by atoms with van der Waals surface area (Å²) in [4.78, 5) is 0. The number of rotatable bonds is 2. The maximum Gasteiger partial charge on any atom is 0.0595 e. The fourth-order valence-electron chi connectivity index (χ4n) is 2.55. The monoisotopic (exact) mass is 271 g/mol. The van der Waals surface area contributed by atoms with E-state index in [0.717, 1.165) is 19.5 Å². The van der Waals surface area contributed by atoms with E-state index >= 15 is 0 Å². The fourth-order valence-corrected chi connectivity index (χ4v) is 2.87. The Morgan fingerprint density at radius 2 is 2.06 bits per heavy atom. The second kappa shape index (κ2) is 5.17. The predicted octanol–water partition coefficient (Wildman–Crippen LogP) is 4.17. The normalized spacial score (nSPS) is 23.6. The SMILES string of the molecule is CC1(C)CNCCC1Cc1ccc(Cl)c(Cl)c1. The van der Waals surface area contributed by atoms with Gasteiger partial charge >= 0.3 is 0 Å². The molecule has 1 N–H and O–H groups in total. The molecule has 0 aromatic heterocycles. The molecule has 0 radical (unpaired) electrons. The molecule has 3 heteroatoms. The zero-order valence-corrected chi connectivity index (χ0v) is 11.9. The lowest BCUT2D eigenvalue weighted by atomic mass is 9.72. The number of halogens is 2. The largest absolute Gasteiger partial charge is 0.316 e. The van der Waals surface area contributed by atoms with E-state index in [1.165, 1.54) is 12.0 Å². The van der Waals surface area contributed by atoms with E-state index in [-0.39, 0.29) is 0 Å². The first-order valence-electron chi connectivity index (χ1n) is 6.14. The Morgan fingerprint density at radius 3 is 2.71 bits per heavy atom. The summed E-state index contributed by atoms with van der Waals surface area (Å²) >= 11 is 12.0. The molecule has 0 saturated carbocycles. The zero-order valence-electron chi connectivity index (χ0n) is 10.4. The highest BCUT2D eigenvalue weighted by Crippen LogP contribution is 2.35. The minimum Gasteiger partial charge on any atom is -0.316 e. The summed E-state index contributed by atoms with van der Waals surface area (Å²) in [7, 11) is 0. The van der Waals surface area contributed by atoms with Gasteiger partial charge < -0.3 is 5.32 Å². The van der Waals surface area contributed by atoms with Gasteiger partial charge in [-0.15, -0.1) is 0 Å².